The minimum atomic E-state index is -0.0450. The highest BCUT2D eigenvalue weighted by molar-refractivity contribution is 7.00. The van der Waals surface area contributed by atoms with Crippen molar-refractivity contribution < 1.29 is 0 Å². The summed E-state index contributed by atoms with van der Waals surface area (Å²) in [4.78, 5) is 5.20. The highest BCUT2D eigenvalue weighted by Gasteiger charge is 2.44. The minimum absolute atomic E-state index is 0.0351. The number of para-hydroxylation sites is 4. The summed E-state index contributed by atoms with van der Waals surface area (Å²) in [6.45, 7) is 28.2. The van der Waals surface area contributed by atoms with Gasteiger partial charge in [-0.3, -0.25) is 0 Å². The molecule has 0 unspecified atom stereocenters. The molecule has 0 spiro atoms. The van der Waals surface area contributed by atoms with Gasteiger partial charge in [-0.05, 0) is 121 Å². The van der Waals surface area contributed by atoms with Gasteiger partial charge < -0.3 is 14.4 Å². The monoisotopic (exact) mass is 809 g/mol. The topological polar surface area (TPSA) is 11.4 Å². The lowest BCUT2D eigenvalue weighted by Crippen LogP contribution is -2.61. The molecule has 0 atom stereocenters. The average molecular weight is 810 g/mol. The summed E-state index contributed by atoms with van der Waals surface area (Å²) in [5, 5.41) is 2.52. The molecule has 62 heavy (non-hydrogen) atoms. The van der Waals surface area contributed by atoms with Crippen molar-refractivity contribution in [1.82, 2.24) is 4.57 Å². The zero-order valence-electron chi connectivity index (χ0n) is 38.8. The Bertz CT molecular complexity index is 2820. The molecule has 0 saturated carbocycles. The van der Waals surface area contributed by atoms with E-state index in [9.17, 15) is 0 Å². The van der Waals surface area contributed by atoms with E-state index in [0.717, 1.165) is 5.69 Å². The highest BCUT2D eigenvalue weighted by Crippen LogP contribution is 2.48. The van der Waals surface area contributed by atoms with Crippen LogP contribution < -0.4 is 26.2 Å². The molecule has 0 radical (unpaired) electrons. The van der Waals surface area contributed by atoms with Gasteiger partial charge in [-0.15, -0.1) is 0 Å². The van der Waals surface area contributed by atoms with E-state index in [1.54, 1.807) is 0 Å². The Morgan fingerprint density at radius 2 is 0.677 bits per heavy atom. The Kier molecular flexibility index (Phi) is 8.89. The van der Waals surface area contributed by atoms with Gasteiger partial charge in [0.2, 0.25) is 0 Å². The van der Waals surface area contributed by atoms with E-state index in [1.165, 1.54) is 94.6 Å². The van der Waals surface area contributed by atoms with Gasteiger partial charge in [-0.2, -0.15) is 0 Å². The third-order valence-electron chi connectivity index (χ3n) is 13.5. The zero-order chi connectivity index (χ0) is 43.7. The van der Waals surface area contributed by atoms with Gasteiger partial charge in [0.15, 0.2) is 0 Å². The highest BCUT2D eigenvalue weighted by atomic mass is 15.2. The normalized spacial score (nSPS) is 14.0. The van der Waals surface area contributed by atoms with Crippen LogP contribution in [-0.2, 0) is 21.7 Å². The third kappa shape index (κ3) is 6.40. The number of rotatable bonds is 3. The van der Waals surface area contributed by atoms with Gasteiger partial charge >= 0.3 is 0 Å². The molecule has 3 heterocycles. The van der Waals surface area contributed by atoms with E-state index in [-0.39, 0.29) is 28.4 Å². The predicted octanol–water partition coefficient (Wildman–Crippen LogP) is 14.1. The summed E-state index contributed by atoms with van der Waals surface area (Å²) in [6, 6.07) is 55.9. The maximum Gasteiger partial charge on any atom is 0.252 e. The molecule has 3 nitrogen and oxygen atoms in total. The molecule has 7 aromatic carbocycles. The van der Waals surface area contributed by atoms with Crippen molar-refractivity contribution in [3.8, 4) is 5.69 Å². The zero-order valence-corrected chi connectivity index (χ0v) is 38.8. The first-order valence-electron chi connectivity index (χ1n) is 22.6. The number of hydrogen-bond acceptors (Lipinski definition) is 2. The molecule has 10 rings (SSSR count). The second-order valence-electron chi connectivity index (χ2n) is 22.0. The van der Waals surface area contributed by atoms with E-state index in [1.807, 2.05) is 0 Å². The number of hydrogen-bond donors (Lipinski definition) is 0. The summed E-state index contributed by atoms with van der Waals surface area (Å²) in [6.07, 6.45) is 0. The summed E-state index contributed by atoms with van der Waals surface area (Å²) < 4.78 is 2.51. The van der Waals surface area contributed by atoms with E-state index in [4.69, 9.17) is 0 Å². The van der Waals surface area contributed by atoms with Crippen LogP contribution in [-0.4, -0.2) is 11.3 Å². The van der Waals surface area contributed by atoms with Crippen molar-refractivity contribution in [2.75, 3.05) is 9.80 Å². The van der Waals surface area contributed by atoms with E-state index >= 15 is 0 Å². The van der Waals surface area contributed by atoms with Crippen LogP contribution in [0.5, 0.6) is 0 Å². The van der Waals surface area contributed by atoms with Gasteiger partial charge in [0.1, 0.15) is 0 Å². The van der Waals surface area contributed by atoms with Gasteiger partial charge in [0.25, 0.3) is 6.71 Å². The average Bonchev–Trinajstić information content (AvgIpc) is 3.56. The first-order chi connectivity index (χ1) is 29.3. The number of nitrogens with zero attached hydrogens (tertiary/aromatic N) is 3. The van der Waals surface area contributed by atoms with Crippen molar-refractivity contribution in [3.63, 3.8) is 0 Å². The van der Waals surface area contributed by atoms with Crippen LogP contribution in [0.2, 0.25) is 0 Å². The van der Waals surface area contributed by atoms with Crippen LogP contribution in [0.25, 0.3) is 27.5 Å². The number of aromatic nitrogens is 1. The molecular formula is C58H60BN3. The summed E-state index contributed by atoms with van der Waals surface area (Å²) >= 11 is 0. The maximum absolute atomic E-state index is 2.60. The number of anilines is 6. The fraction of sp³-hybridized carbons (Fsp3) is 0.276. The van der Waals surface area contributed by atoms with Crippen molar-refractivity contribution in [2.24, 2.45) is 0 Å². The van der Waals surface area contributed by atoms with Gasteiger partial charge in [-0.1, -0.05) is 168 Å². The van der Waals surface area contributed by atoms with Crippen molar-refractivity contribution in [3.05, 3.63) is 168 Å². The van der Waals surface area contributed by atoms with Crippen LogP contribution >= 0.6 is 0 Å². The fourth-order valence-corrected chi connectivity index (χ4v) is 9.98. The maximum atomic E-state index is 2.60. The van der Waals surface area contributed by atoms with Crippen molar-refractivity contribution >= 4 is 79.0 Å². The lowest BCUT2D eigenvalue weighted by Gasteiger charge is -2.45. The molecule has 8 aromatic rings. The first kappa shape index (κ1) is 40.1. The van der Waals surface area contributed by atoms with E-state index in [0.29, 0.717) is 0 Å². The largest absolute Gasteiger partial charge is 0.311 e. The molecule has 0 aliphatic carbocycles. The second-order valence-corrected chi connectivity index (χ2v) is 22.0. The Balaban J connectivity index is 1.38. The summed E-state index contributed by atoms with van der Waals surface area (Å²) in [5.41, 5.74) is 20.0. The Morgan fingerprint density at radius 3 is 1.05 bits per heavy atom. The molecule has 310 valence electrons. The Morgan fingerprint density at radius 1 is 0.339 bits per heavy atom. The van der Waals surface area contributed by atoms with Gasteiger partial charge in [0.05, 0.1) is 16.7 Å². The molecule has 0 bridgehead atoms. The first-order valence-corrected chi connectivity index (χ1v) is 22.6. The predicted molar refractivity (Wildman–Crippen MR) is 270 cm³/mol. The molecule has 2 aliphatic rings. The van der Waals surface area contributed by atoms with Gasteiger partial charge in [-0.25, -0.2) is 0 Å². The van der Waals surface area contributed by atoms with E-state index in [2.05, 4.69) is 243 Å². The quantitative estimate of drug-likeness (QED) is 0.165. The van der Waals surface area contributed by atoms with Crippen LogP contribution in [0.3, 0.4) is 0 Å². The van der Waals surface area contributed by atoms with Crippen molar-refractivity contribution in [2.45, 2.75) is 105 Å². The smallest absolute Gasteiger partial charge is 0.252 e. The molecular weight excluding hydrogens is 749 g/mol. The van der Waals surface area contributed by atoms with E-state index < -0.39 is 0 Å². The lowest BCUT2D eigenvalue weighted by molar-refractivity contribution is 0.568. The SMILES string of the molecule is CC(C)(C)c1cc(N2c3ccccc3B3c4ccccc4N(c4cc(C(C)(C)C)cc(C(C)(C)C)c4)c4cc(-n5c6ccccc6c6ccccc65)cc2c43)cc(C(C)(C)C)c1. The van der Waals surface area contributed by atoms with Gasteiger partial charge in [0, 0.05) is 44.9 Å². The van der Waals surface area contributed by atoms with Crippen LogP contribution in [0.15, 0.2) is 146 Å². The van der Waals surface area contributed by atoms with Crippen LogP contribution in [0, 0.1) is 0 Å². The Labute approximate surface area is 370 Å². The Hall–Kier alpha value is -6.00. The summed E-state index contributed by atoms with van der Waals surface area (Å²) in [5.74, 6) is 0. The molecule has 1 aromatic heterocycles. The molecule has 0 amide bonds. The van der Waals surface area contributed by atoms with Crippen molar-refractivity contribution in [1.29, 1.82) is 0 Å². The minimum Gasteiger partial charge on any atom is -0.311 e. The molecule has 2 aliphatic heterocycles. The standard InChI is InChI=1S/C58H60BN3/c1-55(2,3)37-29-38(56(4,5)6)32-41(31-37)61-50-27-19-15-23-46(50)59-47-24-16-20-28-51(47)62(42-33-39(57(7,8)9)30-40(34-42)58(10,11)12)53-36-43(35-52(61)54(53)59)60-48-25-17-13-21-44(48)45-22-14-18-26-49(45)60/h13-36H,1-12H3. The molecule has 0 N–H and O–H groups in total. The number of fused-ring (bicyclic) bond motifs is 7. The second kappa shape index (κ2) is 13.8. The fourth-order valence-electron chi connectivity index (χ4n) is 9.98. The summed E-state index contributed by atoms with van der Waals surface area (Å²) in [7, 11) is 0. The number of benzene rings is 7. The lowest BCUT2D eigenvalue weighted by atomic mass is 9.33. The third-order valence-corrected chi connectivity index (χ3v) is 13.5. The molecule has 0 fully saturated rings. The molecule has 4 heteroatoms. The molecule has 0 saturated heterocycles. The van der Waals surface area contributed by atoms with Crippen LogP contribution in [0.4, 0.5) is 34.1 Å². The van der Waals surface area contributed by atoms with Crippen LogP contribution in [0.1, 0.15) is 105 Å².